The fourth-order valence-corrected chi connectivity index (χ4v) is 9.37. The van der Waals surface area contributed by atoms with E-state index in [0.29, 0.717) is 70.4 Å². The van der Waals surface area contributed by atoms with Crippen molar-refractivity contribution in [3.05, 3.63) is 107 Å². The van der Waals surface area contributed by atoms with Gasteiger partial charge in [0.1, 0.15) is 11.4 Å². The van der Waals surface area contributed by atoms with E-state index in [1.165, 1.54) is 25.7 Å². The molecule has 6 aromatic rings. The molecule has 3 atom stereocenters. The Labute approximate surface area is 393 Å². The van der Waals surface area contributed by atoms with Crippen LogP contribution in [0.1, 0.15) is 62.5 Å². The molecule has 1 fully saturated rings. The van der Waals surface area contributed by atoms with Crippen LogP contribution in [0.5, 0.6) is 11.5 Å². The minimum absolute atomic E-state index is 0.0592. The number of methoxy groups -OCH3 is 2. The van der Waals surface area contributed by atoms with Gasteiger partial charge in [-0.25, -0.2) is 9.55 Å². The second-order valence-corrected chi connectivity index (χ2v) is 18.4. The number of nitrogens with zero attached hydrogens (tertiary/aromatic N) is 6. The molecule has 0 radical (unpaired) electrons. The van der Waals surface area contributed by atoms with Gasteiger partial charge in [0.25, 0.3) is 17.7 Å². The summed E-state index contributed by atoms with van der Waals surface area (Å²) in [6, 6.07) is 13.0. The minimum Gasteiger partial charge on any atom is -0.493 e. The van der Waals surface area contributed by atoms with E-state index in [4.69, 9.17) is 18.7 Å². The van der Waals surface area contributed by atoms with Gasteiger partial charge in [-0.05, 0) is 54.6 Å². The summed E-state index contributed by atoms with van der Waals surface area (Å²) in [5, 5.41) is 24.8. The zero-order valence-corrected chi connectivity index (χ0v) is 39.1. The number of thiazole rings is 1. The van der Waals surface area contributed by atoms with E-state index in [1.54, 1.807) is 100.0 Å². The maximum Gasteiger partial charge on any atom is 0.430 e. The van der Waals surface area contributed by atoms with Gasteiger partial charge in [-0.15, -0.1) is 11.3 Å². The molecule has 1 saturated heterocycles. The number of aliphatic imine (C=N–C) groups is 1. The topological polar surface area (TPSA) is 254 Å². The van der Waals surface area contributed by atoms with Gasteiger partial charge in [-0.3, -0.25) is 33.8 Å². The van der Waals surface area contributed by atoms with Gasteiger partial charge in [0.15, 0.2) is 22.9 Å². The standard InChI is InChI=1S/C45H49N10O11PS/c1-26-15-31-21-46-33-20-39(38(64-5)19-32(33)43(59)55(31)22-26)65-12-6-7-40(56)50-45-49-34(25-68-45)41(57)47-29-17-36(52(2)23-29)42(58)48-30-18-37(53(3)24-30)44(60)54-11-10-27-8-9-28(16-35(27)54)51-67(61,62)66-14-13-63-4/h8-11,16-21,23-25,31,44,60H,1,6-7,12-15,22H2,2-5H3,(H,47,57)(H,48,58)(H,49,50,56)(H2,51,61,62)/t31-,44?/m0/s1. The van der Waals surface area contributed by atoms with Crippen LogP contribution in [0.15, 0.2) is 89.6 Å². The lowest BCUT2D eigenvalue weighted by Gasteiger charge is -2.20. The van der Waals surface area contributed by atoms with Gasteiger partial charge < -0.3 is 58.8 Å². The zero-order chi connectivity index (χ0) is 48.3. The zero-order valence-electron chi connectivity index (χ0n) is 37.4. The van der Waals surface area contributed by atoms with Gasteiger partial charge in [0.05, 0.1) is 66.8 Å². The van der Waals surface area contributed by atoms with Gasteiger partial charge in [-0.2, -0.15) is 0 Å². The average molecular weight is 969 g/mol. The summed E-state index contributed by atoms with van der Waals surface area (Å²) in [4.78, 5) is 73.5. The molecule has 0 saturated carbocycles. The smallest absolute Gasteiger partial charge is 0.430 e. The van der Waals surface area contributed by atoms with E-state index < -0.39 is 25.8 Å². The summed E-state index contributed by atoms with van der Waals surface area (Å²) in [5.74, 6) is -0.754. The highest BCUT2D eigenvalue weighted by molar-refractivity contribution is 7.54. The number of hydrogen-bond acceptors (Lipinski definition) is 13. The molecular formula is C45H49N10O11PS. The molecule has 4 aromatic heterocycles. The Hall–Kier alpha value is -7.07. The Morgan fingerprint density at radius 1 is 0.956 bits per heavy atom. The number of amides is 4. The summed E-state index contributed by atoms with van der Waals surface area (Å²) >= 11 is 1.08. The number of benzene rings is 2. The van der Waals surface area contributed by atoms with Crippen molar-refractivity contribution in [2.75, 3.05) is 61.6 Å². The number of carbonyl (C=O) groups is 4. The predicted molar refractivity (Wildman–Crippen MR) is 256 cm³/mol. The molecule has 0 bridgehead atoms. The van der Waals surface area contributed by atoms with E-state index in [-0.39, 0.29) is 60.6 Å². The quantitative estimate of drug-likeness (QED) is 0.0297. The summed E-state index contributed by atoms with van der Waals surface area (Å²) in [5.41, 5.74) is 4.15. The molecule has 2 unspecified atom stereocenters. The number of aliphatic hydroxyl groups excluding tert-OH is 1. The number of hydrogen-bond donors (Lipinski definition) is 6. The van der Waals surface area contributed by atoms with Crippen molar-refractivity contribution < 1.29 is 52.5 Å². The molecule has 6 heterocycles. The maximum absolute atomic E-state index is 13.5. The largest absolute Gasteiger partial charge is 0.493 e. The van der Waals surface area contributed by atoms with Crippen LogP contribution in [0, 0.1) is 0 Å². The third-order valence-corrected chi connectivity index (χ3v) is 12.9. The highest BCUT2D eigenvalue weighted by atomic mass is 32.1. The van der Waals surface area contributed by atoms with Crippen LogP contribution in [0.25, 0.3) is 10.9 Å². The number of anilines is 4. The number of nitrogens with one attached hydrogen (secondary N) is 4. The van der Waals surface area contributed by atoms with E-state index >= 15 is 0 Å². The van der Waals surface area contributed by atoms with Crippen molar-refractivity contribution in [3.63, 3.8) is 0 Å². The fourth-order valence-electron chi connectivity index (χ4n) is 7.81. The normalized spacial score (nSPS) is 15.6. The molecular weight excluding hydrogens is 920 g/mol. The number of rotatable bonds is 19. The lowest BCUT2D eigenvalue weighted by atomic mass is 10.1. The van der Waals surface area contributed by atoms with Crippen LogP contribution >= 0.6 is 19.1 Å². The lowest BCUT2D eigenvalue weighted by molar-refractivity contribution is -0.116. The van der Waals surface area contributed by atoms with Crippen molar-refractivity contribution in [1.29, 1.82) is 0 Å². The van der Waals surface area contributed by atoms with E-state index in [9.17, 15) is 33.7 Å². The van der Waals surface area contributed by atoms with E-state index in [2.05, 4.69) is 37.6 Å². The molecule has 2 aliphatic heterocycles. The summed E-state index contributed by atoms with van der Waals surface area (Å²) in [6.07, 6.45) is 6.54. The van der Waals surface area contributed by atoms with Crippen molar-refractivity contribution in [3.8, 4) is 11.5 Å². The second kappa shape index (κ2) is 20.0. The number of carbonyl (C=O) groups excluding carboxylic acids is 4. The first-order chi connectivity index (χ1) is 32.6. The first-order valence-electron chi connectivity index (χ1n) is 21.2. The Morgan fingerprint density at radius 3 is 2.53 bits per heavy atom. The molecule has 4 amide bonds. The summed E-state index contributed by atoms with van der Waals surface area (Å²) < 4.78 is 38.7. The van der Waals surface area contributed by atoms with E-state index in [0.717, 1.165) is 22.3 Å². The summed E-state index contributed by atoms with van der Waals surface area (Å²) in [7, 11) is 2.11. The number of aryl methyl sites for hydroxylation is 2. The second-order valence-electron chi connectivity index (χ2n) is 16.0. The molecule has 21 nitrogen and oxygen atoms in total. The number of ether oxygens (including phenoxy) is 3. The third kappa shape index (κ3) is 10.5. The van der Waals surface area contributed by atoms with Crippen LogP contribution in [0.3, 0.4) is 0 Å². The molecule has 8 rings (SSSR count). The highest BCUT2D eigenvalue weighted by Gasteiger charge is 2.34. The van der Waals surface area contributed by atoms with Gasteiger partial charge in [0, 0.05) is 76.1 Å². The molecule has 23 heteroatoms. The van der Waals surface area contributed by atoms with Crippen molar-refractivity contribution in [1.82, 2.24) is 23.6 Å². The van der Waals surface area contributed by atoms with Crippen molar-refractivity contribution in [2.45, 2.75) is 31.5 Å². The molecule has 356 valence electrons. The third-order valence-electron chi connectivity index (χ3n) is 11.1. The molecule has 0 aliphatic carbocycles. The summed E-state index contributed by atoms with van der Waals surface area (Å²) in [6.45, 7) is 4.72. The first-order valence-corrected chi connectivity index (χ1v) is 23.7. The van der Waals surface area contributed by atoms with Gasteiger partial charge in [0.2, 0.25) is 5.91 Å². The average Bonchev–Trinajstić information content (AvgIpc) is 4.14. The molecule has 0 spiro atoms. The Morgan fingerprint density at radius 2 is 1.74 bits per heavy atom. The molecule has 2 aliphatic rings. The Bertz CT molecular complexity index is 3010. The van der Waals surface area contributed by atoms with Crippen LogP contribution < -0.4 is 30.5 Å². The number of aliphatic hydroxyl groups is 1. The molecule has 68 heavy (non-hydrogen) atoms. The Kier molecular flexibility index (Phi) is 14.0. The minimum atomic E-state index is -4.19. The Balaban J connectivity index is 0.821. The van der Waals surface area contributed by atoms with Crippen LogP contribution in [0.2, 0.25) is 0 Å². The molecule has 6 N–H and O–H groups in total. The van der Waals surface area contributed by atoms with Gasteiger partial charge in [-0.1, -0.05) is 18.2 Å². The van der Waals surface area contributed by atoms with Crippen LogP contribution in [-0.2, 0) is 32.7 Å². The lowest BCUT2D eigenvalue weighted by Crippen LogP contribution is -2.35. The monoisotopic (exact) mass is 968 g/mol. The van der Waals surface area contributed by atoms with Crippen molar-refractivity contribution >= 4 is 87.7 Å². The predicted octanol–water partition coefficient (Wildman–Crippen LogP) is 6.29. The number of aromatic nitrogens is 4. The number of fused-ring (bicyclic) bond motifs is 3. The molecule has 2 aromatic carbocycles. The first kappa shape index (κ1) is 47.4. The van der Waals surface area contributed by atoms with Crippen molar-refractivity contribution in [2.24, 2.45) is 19.1 Å². The SMILES string of the molecule is C=C1C[C@H]2C=Nc3cc(OCCCC(=O)Nc4nc(C(=O)Nc5cc(C(=O)Nc6cc(C(O)n7ccc8ccc(NP(=O)(O)OCCOC)cc87)n(C)c6)n(C)c5)cs4)c(OC)cc3C(=O)N2C1. The van der Waals surface area contributed by atoms with Gasteiger partial charge >= 0.3 is 7.75 Å². The van der Waals surface area contributed by atoms with E-state index in [1.807, 2.05) is 0 Å². The fraction of sp³-hybridized carbons (Fsp3) is 0.289. The van der Waals surface area contributed by atoms with Crippen LogP contribution in [0.4, 0.5) is 27.9 Å². The highest BCUT2D eigenvalue weighted by Crippen LogP contribution is 2.43. The van der Waals surface area contributed by atoms with Crippen LogP contribution in [-0.4, -0.2) is 110 Å². The maximum atomic E-state index is 13.5.